The highest BCUT2D eigenvalue weighted by Gasteiger charge is 2.43. The average Bonchev–Trinajstić information content (AvgIpc) is 2.62. The van der Waals surface area contributed by atoms with Gasteiger partial charge >= 0.3 is 10.3 Å². The number of aryl methyl sites for hydroxylation is 1. The first kappa shape index (κ1) is 15.4. The summed E-state index contributed by atoms with van der Waals surface area (Å²) in [5.41, 5.74) is 1.99. The van der Waals surface area contributed by atoms with Crippen molar-refractivity contribution in [3.63, 3.8) is 0 Å². The SMILES string of the molecule is Cc1ccccc1[C@@H]1OC(C)(C)O[C@H]1COS(N)(=O)=O. The van der Waals surface area contributed by atoms with E-state index in [0.717, 1.165) is 11.1 Å². The summed E-state index contributed by atoms with van der Waals surface area (Å²) in [6.45, 7) is 5.33. The Morgan fingerprint density at radius 1 is 1.30 bits per heavy atom. The highest BCUT2D eigenvalue weighted by molar-refractivity contribution is 7.84. The van der Waals surface area contributed by atoms with E-state index in [-0.39, 0.29) is 6.61 Å². The molecule has 1 heterocycles. The standard InChI is InChI=1S/C13H19NO5S/c1-9-6-4-5-7-10(9)12-11(8-17-20(14,15)16)18-13(2,3)19-12/h4-7,11-12H,8H2,1-3H3,(H2,14,15,16)/t11-,12-/m0/s1. The lowest BCUT2D eigenvalue weighted by molar-refractivity contribution is -0.148. The Morgan fingerprint density at radius 3 is 2.55 bits per heavy atom. The van der Waals surface area contributed by atoms with Crippen LogP contribution in [0.5, 0.6) is 0 Å². The first-order valence-electron chi connectivity index (χ1n) is 6.26. The van der Waals surface area contributed by atoms with Gasteiger partial charge in [-0.25, -0.2) is 5.14 Å². The number of benzene rings is 1. The van der Waals surface area contributed by atoms with E-state index in [1.165, 1.54) is 0 Å². The number of ether oxygens (including phenoxy) is 2. The van der Waals surface area contributed by atoms with Crippen LogP contribution in [0.15, 0.2) is 24.3 Å². The topological polar surface area (TPSA) is 87.8 Å². The highest BCUT2D eigenvalue weighted by Crippen LogP contribution is 2.39. The third-order valence-corrected chi connectivity index (χ3v) is 3.54. The molecule has 6 nitrogen and oxygen atoms in total. The molecular weight excluding hydrogens is 282 g/mol. The Hall–Kier alpha value is -0.990. The van der Waals surface area contributed by atoms with Gasteiger partial charge in [0.15, 0.2) is 5.79 Å². The average molecular weight is 301 g/mol. The second kappa shape index (κ2) is 5.42. The second-order valence-electron chi connectivity index (χ2n) is 5.23. The van der Waals surface area contributed by atoms with Crippen LogP contribution >= 0.6 is 0 Å². The van der Waals surface area contributed by atoms with E-state index in [1.54, 1.807) is 13.8 Å². The van der Waals surface area contributed by atoms with Crippen LogP contribution in [-0.2, 0) is 24.0 Å². The van der Waals surface area contributed by atoms with Crippen molar-refractivity contribution in [3.8, 4) is 0 Å². The Balaban J connectivity index is 2.23. The van der Waals surface area contributed by atoms with Crippen molar-refractivity contribution in [1.29, 1.82) is 0 Å². The fourth-order valence-corrected chi connectivity index (χ4v) is 2.61. The Morgan fingerprint density at radius 2 is 1.95 bits per heavy atom. The molecule has 7 heteroatoms. The summed E-state index contributed by atoms with van der Waals surface area (Å²) >= 11 is 0. The van der Waals surface area contributed by atoms with Gasteiger partial charge in [-0.2, -0.15) is 8.42 Å². The molecule has 0 aromatic heterocycles. The predicted octanol–water partition coefficient (Wildman–Crippen LogP) is 1.41. The molecular formula is C13H19NO5S. The van der Waals surface area contributed by atoms with Gasteiger partial charge in [-0.3, -0.25) is 4.18 Å². The lowest BCUT2D eigenvalue weighted by atomic mass is 10.00. The molecule has 0 saturated carbocycles. The monoisotopic (exact) mass is 301 g/mol. The largest absolute Gasteiger partial charge is 0.342 e. The quantitative estimate of drug-likeness (QED) is 0.908. The maximum absolute atomic E-state index is 10.9. The van der Waals surface area contributed by atoms with Crippen molar-refractivity contribution < 1.29 is 22.1 Å². The maximum Gasteiger partial charge on any atom is 0.333 e. The molecule has 1 fully saturated rings. The van der Waals surface area contributed by atoms with Crippen molar-refractivity contribution >= 4 is 10.3 Å². The Labute approximate surface area is 119 Å². The molecule has 0 aliphatic carbocycles. The van der Waals surface area contributed by atoms with E-state index in [0.29, 0.717) is 0 Å². The molecule has 0 spiro atoms. The maximum atomic E-state index is 10.9. The van der Waals surface area contributed by atoms with Crippen molar-refractivity contribution in [1.82, 2.24) is 0 Å². The first-order valence-corrected chi connectivity index (χ1v) is 7.73. The molecule has 0 unspecified atom stereocenters. The minimum absolute atomic E-state index is 0.179. The van der Waals surface area contributed by atoms with Gasteiger partial charge in [-0.15, -0.1) is 0 Å². The van der Waals surface area contributed by atoms with Crippen LogP contribution in [0.2, 0.25) is 0 Å². The van der Waals surface area contributed by atoms with E-state index in [4.69, 9.17) is 14.6 Å². The minimum atomic E-state index is -4.00. The number of nitrogens with two attached hydrogens (primary N) is 1. The normalized spacial score (nSPS) is 25.8. The van der Waals surface area contributed by atoms with Crippen LogP contribution in [-0.4, -0.2) is 26.9 Å². The summed E-state index contributed by atoms with van der Waals surface area (Å²) in [7, 11) is -4.00. The molecule has 1 aromatic rings. The summed E-state index contributed by atoms with van der Waals surface area (Å²) < 4.78 is 38.0. The Bertz CT molecular complexity index is 584. The van der Waals surface area contributed by atoms with E-state index >= 15 is 0 Å². The van der Waals surface area contributed by atoms with Crippen molar-refractivity contribution in [3.05, 3.63) is 35.4 Å². The van der Waals surface area contributed by atoms with Gasteiger partial charge in [0.05, 0.1) is 6.61 Å². The summed E-state index contributed by atoms with van der Waals surface area (Å²) in [6.07, 6.45) is -0.933. The third kappa shape index (κ3) is 3.77. The lowest BCUT2D eigenvalue weighted by Gasteiger charge is -2.18. The van der Waals surface area contributed by atoms with E-state index < -0.39 is 28.3 Å². The van der Waals surface area contributed by atoms with Crippen molar-refractivity contribution in [2.45, 2.75) is 38.8 Å². The number of hydrogen-bond acceptors (Lipinski definition) is 5. The van der Waals surface area contributed by atoms with Gasteiger partial charge in [-0.05, 0) is 31.9 Å². The summed E-state index contributed by atoms with van der Waals surface area (Å²) in [5.74, 6) is -0.806. The molecule has 0 radical (unpaired) electrons. The molecule has 112 valence electrons. The molecule has 2 N–H and O–H groups in total. The lowest BCUT2D eigenvalue weighted by Crippen LogP contribution is -2.28. The summed E-state index contributed by atoms with van der Waals surface area (Å²) in [6, 6.07) is 7.71. The van der Waals surface area contributed by atoms with Gasteiger partial charge in [0.1, 0.15) is 12.2 Å². The fraction of sp³-hybridized carbons (Fsp3) is 0.538. The molecule has 2 atom stereocenters. The molecule has 1 aliphatic rings. The van der Waals surface area contributed by atoms with Crippen LogP contribution in [0.25, 0.3) is 0 Å². The second-order valence-corrected chi connectivity index (χ2v) is 6.45. The van der Waals surface area contributed by atoms with Gasteiger partial charge in [0.2, 0.25) is 0 Å². The Kier molecular flexibility index (Phi) is 4.17. The fourth-order valence-electron chi connectivity index (χ4n) is 2.29. The molecule has 1 saturated heterocycles. The predicted molar refractivity (Wildman–Crippen MR) is 73.0 cm³/mol. The van der Waals surface area contributed by atoms with Gasteiger partial charge in [0, 0.05) is 0 Å². The molecule has 20 heavy (non-hydrogen) atoms. The summed E-state index contributed by atoms with van der Waals surface area (Å²) in [4.78, 5) is 0. The zero-order valence-electron chi connectivity index (χ0n) is 11.7. The zero-order chi connectivity index (χ0) is 15.0. The molecule has 0 bridgehead atoms. The van der Waals surface area contributed by atoms with E-state index in [2.05, 4.69) is 4.18 Å². The summed E-state index contributed by atoms with van der Waals surface area (Å²) in [5, 5.41) is 4.85. The highest BCUT2D eigenvalue weighted by atomic mass is 32.2. The number of rotatable bonds is 4. The molecule has 1 aromatic carbocycles. The van der Waals surface area contributed by atoms with E-state index in [1.807, 2.05) is 31.2 Å². The third-order valence-electron chi connectivity index (χ3n) is 3.08. The van der Waals surface area contributed by atoms with Crippen molar-refractivity contribution in [2.75, 3.05) is 6.61 Å². The van der Waals surface area contributed by atoms with Crippen LogP contribution < -0.4 is 5.14 Å². The smallest absolute Gasteiger partial charge is 0.333 e. The molecule has 0 amide bonds. The van der Waals surface area contributed by atoms with Gasteiger partial charge in [-0.1, -0.05) is 24.3 Å². The van der Waals surface area contributed by atoms with Gasteiger partial charge < -0.3 is 9.47 Å². The minimum Gasteiger partial charge on any atom is -0.342 e. The van der Waals surface area contributed by atoms with E-state index in [9.17, 15) is 8.42 Å². The zero-order valence-corrected chi connectivity index (χ0v) is 12.5. The number of hydrogen-bond donors (Lipinski definition) is 1. The van der Waals surface area contributed by atoms with Crippen LogP contribution in [0.3, 0.4) is 0 Å². The van der Waals surface area contributed by atoms with Crippen LogP contribution in [0, 0.1) is 6.92 Å². The van der Waals surface area contributed by atoms with Crippen LogP contribution in [0.4, 0.5) is 0 Å². The molecule has 2 rings (SSSR count). The van der Waals surface area contributed by atoms with Crippen LogP contribution in [0.1, 0.15) is 31.1 Å². The van der Waals surface area contributed by atoms with Crippen molar-refractivity contribution in [2.24, 2.45) is 5.14 Å². The first-order chi connectivity index (χ1) is 9.18. The molecule has 1 aliphatic heterocycles. The van der Waals surface area contributed by atoms with Gasteiger partial charge in [0.25, 0.3) is 0 Å².